The van der Waals surface area contributed by atoms with Crippen LogP contribution in [-0.4, -0.2) is 34.5 Å². The molecular formula is C9H12N4S. The van der Waals surface area contributed by atoms with Crippen molar-refractivity contribution in [1.29, 1.82) is 5.26 Å². The van der Waals surface area contributed by atoms with Crippen LogP contribution in [0, 0.1) is 11.3 Å². The molecule has 1 saturated heterocycles. The van der Waals surface area contributed by atoms with Crippen LogP contribution in [0.2, 0.25) is 0 Å². The number of rotatable bonds is 0. The van der Waals surface area contributed by atoms with Crippen molar-refractivity contribution in [2.75, 3.05) is 13.6 Å². The molecule has 0 spiro atoms. The van der Waals surface area contributed by atoms with Gasteiger partial charge in [0.2, 0.25) is 0 Å². The Hall–Kier alpha value is -1.28. The lowest BCUT2D eigenvalue weighted by Gasteiger charge is -2.38. The van der Waals surface area contributed by atoms with E-state index in [2.05, 4.69) is 11.0 Å². The van der Waals surface area contributed by atoms with Gasteiger partial charge in [0.15, 0.2) is 5.11 Å². The van der Waals surface area contributed by atoms with Crippen LogP contribution in [0.15, 0.2) is 11.4 Å². The molecule has 0 bridgehead atoms. The minimum atomic E-state index is 0.128. The molecule has 0 aromatic carbocycles. The van der Waals surface area contributed by atoms with Crippen molar-refractivity contribution in [3.05, 3.63) is 11.4 Å². The molecule has 0 radical (unpaired) electrons. The summed E-state index contributed by atoms with van der Waals surface area (Å²) in [6.45, 7) is 0.937. The van der Waals surface area contributed by atoms with Crippen LogP contribution in [0.4, 0.5) is 0 Å². The molecule has 74 valence electrons. The fourth-order valence-corrected chi connectivity index (χ4v) is 2.39. The predicted octanol–water partition coefficient (Wildman–Crippen LogP) is 0.375. The van der Waals surface area contributed by atoms with E-state index in [1.54, 1.807) is 4.90 Å². The summed E-state index contributed by atoms with van der Waals surface area (Å²) < 4.78 is 0. The van der Waals surface area contributed by atoms with Crippen molar-refractivity contribution < 1.29 is 0 Å². The Morgan fingerprint density at radius 2 is 2.36 bits per heavy atom. The second-order valence-corrected chi connectivity index (χ2v) is 3.97. The van der Waals surface area contributed by atoms with Crippen molar-refractivity contribution in [3.63, 3.8) is 0 Å². The Morgan fingerprint density at radius 1 is 1.64 bits per heavy atom. The molecule has 4 nitrogen and oxygen atoms in total. The number of fused-ring (bicyclic) bond motifs is 1. The normalized spacial score (nSPS) is 26.6. The minimum Gasteiger partial charge on any atom is -0.384 e. The van der Waals surface area contributed by atoms with E-state index >= 15 is 0 Å². The molecule has 5 heteroatoms. The highest BCUT2D eigenvalue weighted by Crippen LogP contribution is 2.30. The van der Waals surface area contributed by atoms with Gasteiger partial charge in [-0.05, 0) is 25.1 Å². The maximum Gasteiger partial charge on any atom is 0.177 e. The van der Waals surface area contributed by atoms with Crippen LogP contribution in [0.1, 0.15) is 12.8 Å². The molecule has 0 aromatic rings. The molecule has 2 N–H and O–H groups in total. The fourth-order valence-electron chi connectivity index (χ4n) is 2.07. The number of thiocarbonyl (C=S) groups is 1. The number of nitriles is 1. The molecule has 1 unspecified atom stereocenters. The van der Waals surface area contributed by atoms with Crippen LogP contribution >= 0.6 is 12.2 Å². The zero-order valence-corrected chi connectivity index (χ0v) is 8.84. The van der Waals surface area contributed by atoms with Gasteiger partial charge >= 0.3 is 0 Å². The SMILES string of the molecule is CN1C(=S)N2CCCC2C(C#N)=C1N. The summed E-state index contributed by atoms with van der Waals surface area (Å²) in [5, 5.41) is 9.77. The van der Waals surface area contributed by atoms with E-state index < -0.39 is 0 Å². The van der Waals surface area contributed by atoms with Gasteiger partial charge in [0.05, 0.1) is 11.6 Å². The molecule has 0 aliphatic carbocycles. The van der Waals surface area contributed by atoms with E-state index in [9.17, 15) is 0 Å². The van der Waals surface area contributed by atoms with Gasteiger partial charge in [-0.3, -0.25) is 0 Å². The van der Waals surface area contributed by atoms with Crippen LogP contribution in [0.3, 0.4) is 0 Å². The number of nitrogens with two attached hydrogens (primary N) is 1. The molecule has 1 fully saturated rings. The Balaban J connectivity index is 2.47. The average Bonchev–Trinajstić information content (AvgIpc) is 2.64. The van der Waals surface area contributed by atoms with Gasteiger partial charge in [-0.15, -0.1) is 0 Å². The standard InChI is InChI=1S/C9H12N4S/c1-12-8(11)6(5-10)7-3-2-4-13(7)9(12)14/h7H,2-4,11H2,1H3. The van der Waals surface area contributed by atoms with E-state index in [0.717, 1.165) is 24.5 Å². The number of hydrogen-bond acceptors (Lipinski definition) is 3. The highest BCUT2D eigenvalue weighted by molar-refractivity contribution is 7.80. The van der Waals surface area contributed by atoms with Gasteiger partial charge in [-0.25, -0.2) is 0 Å². The lowest BCUT2D eigenvalue weighted by molar-refractivity contribution is 0.358. The minimum absolute atomic E-state index is 0.128. The van der Waals surface area contributed by atoms with E-state index in [0.29, 0.717) is 11.4 Å². The van der Waals surface area contributed by atoms with E-state index in [4.69, 9.17) is 23.2 Å². The van der Waals surface area contributed by atoms with Crippen molar-refractivity contribution in [2.45, 2.75) is 18.9 Å². The first-order chi connectivity index (χ1) is 6.66. The lowest BCUT2D eigenvalue weighted by Crippen LogP contribution is -2.50. The highest BCUT2D eigenvalue weighted by atomic mass is 32.1. The molecule has 2 aliphatic heterocycles. The van der Waals surface area contributed by atoms with Gasteiger partial charge in [0.25, 0.3) is 0 Å². The molecule has 2 heterocycles. The largest absolute Gasteiger partial charge is 0.384 e. The van der Waals surface area contributed by atoms with Crippen molar-refractivity contribution in [1.82, 2.24) is 9.80 Å². The van der Waals surface area contributed by atoms with Gasteiger partial charge in [-0.1, -0.05) is 0 Å². The van der Waals surface area contributed by atoms with E-state index in [-0.39, 0.29) is 6.04 Å². The zero-order chi connectivity index (χ0) is 10.3. The monoisotopic (exact) mass is 208 g/mol. The molecule has 0 amide bonds. The molecule has 0 aromatic heterocycles. The third kappa shape index (κ3) is 1.07. The zero-order valence-electron chi connectivity index (χ0n) is 8.03. The maximum absolute atomic E-state index is 9.03. The average molecular weight is 208 g/mol. The first-order valence-corrected chi connectivity index (χ1v) is 5.01. The van der Waals surface area contributed by atoms with Crippen molar-refractivity contribution in [2.24, 2.45) is 5.73 Å². The number of nitrogens with zero attached hydrogens (tertiary/aromatic N) is 3. The summed E-state index contributed by atoms with van der Waals surface area (Å²) in [6, 6.07) is 2.32. The summed E-state index contributed by atoms with van der Waals surface area (Å²) >= 11 is 5.27. The van der Waals surface area contributed by atoms with Crippen LogP contribution in [0.5, 0.6) is 0 Å². The van der Waals surface area contributed by atoms with Crippen molar-refractivity contribution >= 4 is 17.3 Å². The first kappa shape index (κ1) is 9.28. The first-order valence-electron chi connectivity index (χ1n) is 4.61. The summed E-state index contributed by atoms with van der Waals surface area (Å²) in [7, 11) is 1.81. The summed E-state index contributed by atoms with van der Waals surface area (Å²) in [5.41, 5.74) is 6.51. The van der Waals surface area contributed by atoms with Gasteiger partial charge < -0.3 is 15.5 Å². The van der Waals surface area contributed by atoms with Gasteiger partial charge in [0, 0.05) is 13.6 Å². The molecule has 2 aliphatic rings. The Bertz CT molecular complexity index is 354. The molecular weight excluding hydrogens is 196 g/mol. The Kier molecular flexibility index (Phi) is 2.08. The topological polar surface area (TPSA) is 56.3 Å². The predicted molar refractivity (Wildman–Crippen MR) is 56.9 cm³/mol. The number of hydrogen-bond donors (Lipinski definition) is 1. The van der Waals surface area contributed by atoms with E-state index in [1.807, 2.05) is 7.05 Å². The maximum atomic E-state index is 9.03. The second kappa shape index (κ2) is 3.14. The van der Waals surface area contributed by atoms with Gasteiger partial charge in [0.1, 0.15) is 11.9 Å². The lowest BCUT2D eigenvalue weighted by atomic mass is 10.0. The Labute approximate surface area is 88.6 Å². The highest BCUT2D eigenvalue weighted by Gasteiger charge is 2.37. The van der Waals surface area contributed by atoms with E-state index in [1.165, 1.54) is 0 Å². The van der Waals surface area contributed by atoms with Crippen LogP contribution in [0.25, 0.3) is 0 Å². The van der Waals surface area contributed by atoms with Crippen molar-refractivity contribution in [3.8, 4) is 6.07 Å². The molecule has 1 atom stereocenters. The van der Waals surface area contributed by atoms with Gasteiger partial charge in [-0.2, -0.15) is 5.26 Å². The Morgan fingerprint density at radius 3 is 3.00 bits per heavy atom. The molecule has 2 rings (SSSR count). The molecule has 14 heavy (non-hydrogen) atoms. The summed E-state index contributed by atoms with van der Waals surface area (Å²) in [5.74, 6) is 0.514. The summed E-state index contributed by atoms with van der Waals surface area (Å²) in [4.78, 5) is 3.81. The third-order valence-corrected chi connectivity index (χ3v) is 3.38. The molecule has 0 saturated carbocycles. The smallest absolute Gasteiger partial charge is 0.177 e. The van der Waals surface area contributed by atoms with Crippen LogP contribution in [-0.2, 0) is 0 Å². The fraction of sp³-hybridized carbons (Fsp3) is 0.556. The second-order valence-electron chi connectivity index (χ2n) is 3.60. The quantitative estimate of drug-likeness (QED) is 0.583. The third-order valence-electron chi connectivity index (χ3n) is 2.88. The van der Waals surface area contributed by atoms with Crippen LogP contribution < -0.4 is 5.73 Å². The summed E-state index contributed by atoms with van der Waals surface area (Å²) in [6.07, 6.45) is 2.06.